The molecule has 0 spiro atoms. The van der Waals surface area contributed by atoms with Gasteiger partial charge in [-0.25, -0.2) is 4.39 Å². The lowest BCUT2D eigenvalue weighted by Gasteiger charge is -2.37. The number of aliphatic hydroxyl groups excluding tert-OH is 1. The van der Waals surface area contributed by atoms with Crippen molar-refractivity contribution >= 4 is 17.2 Å². The largest absolute Gasteiger partial charge is 0.459 e. The minimum Gasteiger partial charge on any atom is -0.459 e. The predicted molar refractivity (Wildman–Crippen MR) is 114 cm³/mol. The van der Waals surface area contributed by atoms with Crippen LogP contribution in [0.1, 0.15) is 36.8 Å². The standard InChI is InChI=1S/C23H28FNO4S/c1-3-28-23-19(5-4-11-26)20(17-10-12-30-15-17)13-21(29-23)22(27)25(2)14-16-6-8-18(24)9-7-16/h6-10,12-13,15,19-20,23,26H,3-5,11,14H2,1-2H3/t19-,20+,23+/m1/s1. The molecule has 7 heteroatoms. The molecule has 2 heterocycles. The number of benzene rings is 1. The molecule has 1 aromatic heterocycles. The van der Waals surface area contributed by atoms with Crippen LogP contribution in [0.15, 0.2) is 52.9 Å². The molecule has 1 aliphatic heterocycles. The van der Waals surface area contributed by atoms with Crippen molar-refractivity contribution in [3.63, 3.8) is 0 Å². The first-order valence-electron chi connectivity index (χ1n) is 10.2. The molecule has 3 atom stereocenters. The third-order valence-corrected chi connectivity index (χ3v) is 5.93. The summed E-state index contributed by atoms with van der Waals surface area (Å²) >= 11 is 1.61. The van der Waals surface area contributed by atoms with Crippen LogP contribution in [-0.2, 0) is 20.8 Å². The highest BCUT2D eigenvalue weighted by atomic mass is 32.1. The zero-order valence-electron chi connectivity index (χ0n) is 17.3. The molecule has 0 unspecified atom stereocenters. The molecular formula is C23H28FNO4S. The molecule has 0 saturated carbocycles. The number of halogens is 1. The lowest BCUT2D eigenvalue weighted by molar-refractivity contribution is -0.170. The van der Waals surface area contributed by atoms with Crippen molar-refractivity contribution in [3.8, 4) is 0 Å². The van der Waals surface area contributed by atoms with Gasteiger partial charge in [-0.05, 0) is 65.9 Å². The van der Waals surface area contributed by atoms with Gasteiger partial charge in [-0.3, -0.25) is 4.79 Å². The number of thiophene rings is 1. The molecule has 30 heavy (non-hydrogen) atoms. The number of carbonyl (C=O) groups is 1. The average molecular weight is 434 g/mol. The van der Waals surface area contributed by atoms with Crippen molar-refractivity contribution in [2.45, 2.75) is 38.5 Å². The molecule has 1 N–H and O–H groups in total. The Morgan fingerprint density at radius 1 is 1.30 bits per heavy atom. The second-order valence-electron chi connectivity index (χ2n) is 7.37. The number of allylic oxidation sites excluding steroid dienone is 1. The van der Waals surface area contributed by atoms with Crippen molar-refractivity contribution < 1.29 is 23.8 Å². The van der Waals surface area contributed by atoms with Gasteiger partial charge in [-0.2, -0.15) is 11.3 Å². The maximum Gasteiger partial charge on any atom is 0.288 e. The van der Waals surface area contributed by atoms with Crippen LogP contribution in [0.4, 0.5) is 4.39 Å². The molecule has 0 radical (unpaired) electrons. The quantitative estimate of drug-likeness (QED) is 0.641. The number of amides is 1. The Hall–Kier alpha value is -2.22. The van der Waals surface area contributed by atoms with E-state index in [9.17, 15) is 14.3 Å². The molecule has 162 valence electrons. The summed E-state index contributed by atoms with van der Waals surface area (Å²) < 4.78 is 25.0. The fourth-order valence-corrected chi connectivity index (χ4v) is 4.43. The average Bonchev–Trinajstić information content (AvgIpc) is 3.28. The highest BCUT2D eigenvalue weighted by Crippen LogP contribution is 2.40. The van der Waals surface area contributed by atoms with Gasteiger partial charge in [0.1, 0.15) is 5.82 Å². The minimum absolute atomic E-state index is 0.00524. The Balaban J connectivity index is 1.84. The molecule has 2 aromatic rings. The van der Waals surface area contributed by atoms with Crippen molar-refractivity contribution in [1.82, 2.24) is 4.90 Å². The highest BCUT2D eigenvalue weighted by molar-refractivity contribution is 7.08. The van der Waals surface area contributed by atoms with Crippen molar-refractivity contribution in [2.75, 3.05) is 20.3 Å². The summed E-state index contributed by atoms with van der Waals surface area (Å²) in [7, 11) is 1.70. The molecule has 0 saturated heterocycles. The van der Waals surface area contributed by atoms with Gasteiger partial charge in [-0.15, -0.1) is 0 Å². The van der Waals surface area contributed by atoms with Gasteiger partial charge in [-0.1, -0.05) is 12.1 Å². The first kappa shape index (κ1) is 22.5. The van der Waals surface area contributed by atoms with E-state index in [1.165, 1.54) is 12.1 Å². The number of hydrogen-bond donors (Lipinski definition) is 1. The van der Waals surface area contributed by atoms with Crippen LogP contribution >= 0.6 is 11.3 Å². The number of likely N-dealkylation sites (N-methyl/N-ethyl adjacent to an activating group) is 1. The fourth-order valence-electron chi connectivity index (χ4n) is 3.73. The summed E-state index contributed by atoms with van der Waals surface area (Å²) in [5.74, 6) is -0.325. The summed E-state index contributed by atoms with van der Waals surface area (Å²) in [6.07, 6.45) is 2.68. The molecule has 3 rings (SSSR count). The normalized spacial score (nSPS) is 21.1. The lowest BCUT2D eigenvalue weighted by Crippen LogP contribution is -2.39. The van der Waals surface area contributed by atoms with Crippen LogP contribution in [-0.4, -0.2) is 42.5 Å². The van der Waals surface area contributed by atoms with E-state index >= 15 is 0 Å². The third-order valence-electron chi connectivity index (χ3n) is 5.23. The molecular weight excluding hydrogens is 405 g/mol. The summed E-state index contributed by atoms with van der Waals surface area (Å²) in [6, 6.07) is 8.14. The van der Waals surface area contributed by atoms with Crippen LogP contribution in [0.25, 0.3) is 0 Å². The third kappa shape index (κ3) is 5.47. The van der Waals surface area contributed by atoms with Gasteiger partial charge in [0.15, 0.2) is 5.76 Å². The van der Waals surface area contributed by atoms with E-state index in [0.29, 0.717) is 19.6 Å². The van der Waals surface area contributed by atoms with Gasteiger partial charge in [0, 0.05) is 38.6 Å². The number of nitrogens with zero attached hydrogens (tertiary/aromatic N) is 1. The van der Waals surface area contributed by atoms with Gasteiger partial charge in [0.05, 0.1) is 0 Å². The Morgan fingerprint density at radius 2 is 2.07 bits per heavy atom. The van der Waals surface area contributed by atoms with Crippen LogP contribution in [0.2, 0.25) is 0 Å². The van der Waals surface area contributed by atoms with E-state index in [1.54, 1.807) is 35.4 Å². The van der Waals surface area contributed by atoms with Crippen LogP contribution in [0.5, 0.6) is 0 Å². The van der Waals surface area contributed by atoms with E-state index in [-0.39, 0.29) is 35.9 Å². The van der Waals surface area contributed by atoms with Gasteiger partial charge >= 0.3 is 0 Å². The number of ether oxygens (including phenoxy) is 2. The Morgan fingerprint density at radius 3 is 2.70 bits per heavy atom. The number of carbonyl (C=O) groups excluding carboxylic acids is 1. The first-order valence-corrected chi connectivity index (χ1v) is 11.1. The zero-order valence-corrected chi connectivity index (χ0v) is 18.1. The Kier molecular flexibility index (Phi) is 8.01. The number of aliphatic hydroxyl groups is 1. The van der Waals surface area contributed by atoms with E-state index in [4.69, 9.17) is 9.47 Å². The second kappa shape index (κ2) is 10.7. The Bertz CT molecular complexity index is 837. The molecule has 1 amide bonds. The maximum absolute atomic E-state index is 13.2. The number of hydrogen-bond acceptors (Lipinski definition) is 5. The lowest BCUT2D eigenvalue weighted by atomic mass is 9.81. The molecule has 1 aromatic carbocycles. The molecule has 1 aliphatic rings. The summed E-state index contributed by atoms with van der Waals surface area (Å²) in [5.41, 5.74) is 1.95. The van der Waals surface area contributed by atoms with E-state index < -0.39 is 6.29 Å². The van der Waals surface area contributed by atoms with Crippen molar-refractivity contribution in [1.29, 1.82) is 0 Å². The van der Waals surface area contributed by atoms with Crippen molar-refractivity contribution in [3.05, 3.63) is 69.9 Å². The van der Waals surface area contributed by atoms with Gasteiger partial charge < -0.3 is 19.5 Å². The summed E-state index contributed by atoms with van der Waals surface area (Å²) in [6.45, 7) is 2.80. The monoisotopic (exact) mass is 433 g/mol. The maximum atomic E-state index is 13.2. The second-order valence-corrected chi connectivity index (χ2v) is 8.15. The molecule has 0 bridgehead atoms. The van der Waals surface area contributed by atoms with E-state index in [1.807, 2.05) is 18.4 Å². The minimum atomic E-state index is -0.561. The SMILES string of the molecule is CCO[C@H]1OC(C(=O)N(C)Cc2ccc(F)cc2)=C[C@@H](c2ccsc2)[C@H]1CCCO. The van der Waals surface area contributed by atoms with Crippen molar-refractivity contribution in [2.24, 2.45) is 5.92 Å². The van der Waals surface area contributed by atoms with Crippen LogP contribution in [0, 0.1) is 11.7 Å². The van der Waals surface area contributed by atoms with Crippen LogP contribution < -0.4 is 0 Å². The first-order chi connectivity index (χ1) is 14.5. The highest BCUT2D eigenvalue weighted by Gasteiger charge is 2.38. The molecule has 5 nitrogen and oxygen atoms in total. The van der Waals surface area contributed by atoms with Crippen LogP contribution in [0.3, 0.4) is 0 Å². The fraction of sp³-hybridized carbons (Fsp3) is 0.435. The van der Waals surface area contributed by atoms with Gasteiger partial charge in [0.2, 0.25) is 6.29 Å². The predicted octanol–water partition coefficient (Wildman–Crippen LogP) is 4.29. The Labute approximate surface area is 180 Å². The zero-order chi connectivity index (χ0) is 21.5. The summed E-state index contributed by atoms with van der Waals surface area (Å²) in [4.78, 5) is 14.7. The van der Waals surface area contributed by atoms with Gasteiger partial charge in [0.25, 0.3) is 5.91 Å². The smallest absolute Gasteiger partial charge is 0.288 e. The molecule has 0 aliphatic carbocycles. The topological polar surface area (TPSA) is 59.0 Å². The van der Waals surface area contributed by atoms with E-state index in [0.717, 1.165) is 17.5 Å². The number of rotatable bonds is 9. The summed E-state index contributed by atoms with van der Waals surface area (Å²) in [5, 5.41) is 13.4. The molecule has 0 fully saturated rings. The van der Waals surface area contributed by atoms with E-state index in [2.05, 4.69) is 11.4 Å².